The Morgan fingerprint density at radius 2 is 1.54 bits per heavy atom. The molecule has 0 radical (unpaired) electrons. The lowest BCUT2D eigenvalue weighted by Crippen LogP contribution is -2.35. The number of nitrogens with zero attached hydrogens (tertiary/aromatic N) is 2. The fourth-order valence-corrected chi connectivity index (χ4v) is 5.65. The van der Waals surface area contributed by atoms with Crippen molar-refractivity contribution in [1.82, 2.24) is 4.31 Å². The monoisotopic (exact) mass is 566 g/mol. The van der Waals surface area contributed by atoms with Crippen molar-refractivity contribution in [2.45, 2.75) is 18.7 Å². The molecule has 2 N–H and O–H groups in total. The first-order valence-electron chi connectivity index (χ1n) is 11.1. The predicted molar refractivity (Wildman–Crippen MR) is 141 cm³/mol. The first kappa shape index (κ1) is 28.3. The molecule has 3 aromatic carbocycles. The summed E-state index contributed by atoms with van der Waals surface area (Å²) < 4.78 is 32.8. The topological polar surface area (TPSA) is 124 Å². The largest absolute Gasteiger partial charge is 0.507 e. The Morgan fingerprint density at radius 1 is 0.946 bits per heavy atom. The molecule has 0 bridgehead atoms. The molecule has 3 aromatic rings. The van der Waals surface area contributed by atoms with Gasteiger partial charge in [-0.05, 0) is 36.4 Å². The van der Waals surface area contributed by atoms with Gasteiger partial charge in [-0.25, -0.2) is 8.42 Å². The Balaban J connectivity index is 1.99. The highest BCUT2D eigenvalue weighted by Crippen LogP contribution is 2.41. The van der Waals surface area contributed by atoms with Crippen LogP contribution in [0.15, 0.2) is 65.6 Å². The van der Waals surface area contributed by atoms with E-state index in [4.69, 9.17) is 27.9 Å². The highest BCUT2D eigenvalue weighted by atomic mass is 35.5. The van der Waals surface area contributed by atoms with Crippen LogP contribution in [-0.2, 0) is 14.8 Å². The molecule has 0 aliphatic carbocycles. The number of anilines is 1. The minimum Gasteiger partial charge on any atom is -0.507 e. The first-order valence-corrected chi connectivity index (χ1v) is 13.3. The van der Waals surface area contributed by atoms with Crippen LogP contribution in [0.5, 0.6) is 17.2 Å². The SMILES string of the molecule is CCN(CC)S(=O)(=O)c1cc(Oc2c(Cl)cc(N(CC(=O)O)C(=O)c3ccccc3)cc2Cl)ccc1O. The van der Waals surface area contributed by atoms with Gasteiger partial charge in [-0.3, -0.25) is 14.5 Å². The molecule has 9 nitrogen and oxygen atoms in total. The Bertz CT molecular complexity index is 1390. The van der Waals surface area contributed by atoms with E-state index in [1.807, 2.05) is 0 Å². The second kappa shape index (κ2) is 11.8. The van der Waals surface area contributed by atoms with Gasteiger partial charge in [0.25, 0.3) is 5.91 Å². The number of phenolic OH excluding ortho intramolecular Hbond substituents is 1. The summed E-state index contributed by atoms with van der Waals surface area (Å²) in [6.07, 6.45) is 0. The molecule has 0 aromatic heterocycles. The number of carbonyl (C=O) groups excluding carboxylic acids is 1. The Labute approximate surface area is 224 Å². The fourth-order valence-electron chi connectivity index (χ4n) is 3.54. The van der Waals surface area contributed by atoms with E-state index in [1.54, 1.807) is 44.2 Å². The summed E-state index contributed by atoms with van der Waals surface area (Å²) in [7, 11) is -3.99. The number of amides is 1. The van der Waals surface area contributed by atoms with Crippen molar-refractivity contribution >= 4 is 50.8 Å². The van der Waals surface area contributed by atoms with Crippen molar-refractivity contribution in [3.05, 3.63) is 76.3 Å². The van der Waals surface area contributed by atoms with Gasteiger partial charge in [-0.15, -0.1) is 0 Å². The van der Waals surface area contributed by atoms with E-state index in [-0.39, 0.29) is 50.8 Å². The van der Waals surface area contributed by atoms with Crippen molar-refractivity contribution in [2.75, 3.05) is 24.5 Å². The molecule has 3 rings (SSSR count). The Morgan fingerprint density at radius 3 is 2.08 bits per heavy atom. The second-order valence-electron chi connectivity index (χ2n) is 7.71. The number of carbonyl (C=O) groups is 2. The smallest absolute Gasteiger partial charge is 0.323 e. The molecule has 0 aliphatic rings. The third-order valence-electron chi connectivity index (χ3n) is 5.33. The van der Waals surface area contributed by atoms with Gasteiger partial charge >= 0.3 is 5.97 Å². The number of sulfonamides is 1. The van der Waals surface area contributed by atoms with Crippen LogP contribution in [0.4, 0.5) is 5.69 Å². The average Bonchev–Trinajstić information content (AvgIpc) is 2.86. The molecule has 0 heterocycles. The standard InChI is InChI=1S/C25H24Cl2N2O7S/c1-3-28(4-2)37(34,35)22-14-18(10-11-21(22)30)36-24-19(26)12-17(13-20(24)27)29(15-23(31)32)25(33)16-8-6-5-7-9-16/h5-14,30H,3-4,15H2,1-2H3,(H,31,32). The zero-order chi connectivity index (χ0) is 27.3. The van der Waals surface area contributed by atoms with E-state index >= 15 is 0 Å². The second-order valence-corrected chi connectivity index (χ2v) is 10.4. The van der Waals surface area contributed by atoms with Gasteiger partial charge < -0.3 is 14.9 Å². The molecule has 37 heavy (non-hydrogen) atoms. The van der Waals surface area contributed by atoms with E-state index in [0.29, 0.717) is 0 Å². The van der Waals surface area contributed by atoms with E-state index in [1.165, 1.54) is 28.6 Å². The maximum atomic E-state index is 13.0. The van der Waals surface area contributed by atoms with Crippen molar-refractivity contribution in [3.63, 3.8) is 0 Å². The van der Waals surface area contributed by atoms with Crippen LogP contribution in [0.3, 0.4) is 0 Å². The van der Waals surface area contributed by atoms with Crippen molar-refractivity contribution < 1.29 is 33.0 Å². The van der Waals surface area contributed by atoms with E-state index in [9.17, 15) is 28.2 Å². The molecule has 196 valence electrons. The number of rotatable bonds is 10. The van der Waals surface area contributed by atoms with Gasteiger partial charge in [0, 0.05) is 30.4 Å². The van der Waals surface area contributed by atoms with Crippen LogP contribution in [0, 0.1) is 0 Å². The number of carboxylic acid groups (broad SMARTS) is 1. The highest BCUT2D eigenvalue weighted by molar-refractivity contribution is 7.89. The van der Waals surface area contributed by atoms with E-state index < -0.39 is 34.2 Å². The number of phenols is 1. The summed E-state index contributed by atoms with van der Waals surface area (Å²) in [5.74, 6) is -2.29. The molecule has 0 saturated heterocycles. The van der Waals surface area contributed by atoms with Crippen molar-refractivity contribution in [2.24, 2.45) is 0 Å². The Kier molecular flexibility index (Phi) is 9.03. The molecular formula is C25H24Cl2N2O7S. The van der Waals surface area contributed by atoms with Crippen molar-refractivity contribution in [1.29, 1.82) is 0 Å². The number of ether oxygens (including phenoxy) is 1. The summed E-state index contributed by atoms with van der Waals surface area (Å²) in [5, 5.41) is 19.5. The fraction of sp³-hybridized carbons (Fsp3) is 0.200. The quantitative estimate of drug-likeness (QED) is 0.343. The van der Waals surface area contributed by atoms with Gasteiger partial charge in [0.05, 0.1) is 10.0 Å². The summed E-state index contributed by atoms with van der Waals surface area (Å²) >= 11 is 12.8. The van der Waals surface area contributed by atoms with Gasteiger partial charge in [-0.2, -0.15) is 4.31 Å². The predicted octanol–water partition coefficient (Wildman–Crippen LogP) is 5.25. The van der Waals surface area contributed by atoms with Crippen LogP contribution in [0.25, 0.3) is 0 Å². The molecule has 0 saturated carbocycles. The lowest BCUT2D eigenvalue weighted by atomic mass is 10.1. The molecule has 1 amide bonds. The maximum Gasteiger partial charge on any atom is 0.323 e. The minimum absolute atomic E-state index is 0.0304. The number of halogens is 2. The summed E-state index contributed by atoms with van der Waals surface area (Å²) in [6, 6.07) is 14.4. The molecule has 0 atom stereocenters. The molecule has 12 heteroatoms. The zero-order valence-corrected chi connectivity index (χ0v) is 22.2. The summed E-state index contributed by atoms with van der Waals surface area (Å²) in [5.41, 5.74) is 0.386. The Hall–Kier alpha value is -3.31. The van der Waals surface area contributed by atoms with Gasteiger partial charge in [0.2, 0.25) is 10.0 Å². The molecule has 0 aliphatic heterocycles. The summed E-state index contributed by atoms with van der Waals surface area (Å²) in [4.78, 5) is 25.1. The highest BCUT2D eigenvalue weighted by Gasteiger charge is 2.27. The van der Waals surface area contributed by atoms with Crippen LogP contribution >= 0.6 is 23.2 Å². The normalized spacial score (nSPS) is 11.4. The van der Waals surface area contributed by atoms with Gasteiger partial charge in [0.15, 0.2) is 5.75 Å². The number of aliphatic carboxylic acids is 1. The van der Waals surface area contributed by atoms with E-state index in [0.717, 1.165) is 11.0 Å². The average molecular weight is 567 g/mol. The minimum atomic E-state index is -3.99. The number of hydrogen-bond donors (Lipinski definition) is 2. The molecular weight excluding hydrogens is 543 g/mol. The number of carboxylic acids is 1. The third kappa shape index (κ3) is 6.34. The van der Waals surface area contributed by atoms with Crippen LogP contribution in [0.2, 0.25) is 10.0 Å². The molecule has 0 unspecified atom stereocenters. The lowest BCUT2D eigenvalue weighted by Gasteiger charge is -2.23. The first-order chi connectivity index (χ1) is 17.5. The third-order valence-corrected chi connectivity index (χ3v) is 7.97. The van der Waals surface area contributed by atoms with Crippen LogP contribution in [-0.4, -0.2) is 54.4 Å². The zero-order valence-electron chi connectivity index (χ0n) is 19.9. The van der Waals surface area contributed by atoms with Gasteiger partial charge in [0.1, 0.15) is 22.9 Å². The lowest BCUT2D eigenvalue weighted by molar-refractivity contribution is -0.135. The number of benzene rings is 3. The summed E-state index contributed by atoms with van der Waals surface area (Å²) in [6.45, 7) is 3.12. The molecule has 0 spiro atoms. The van der Waals surface area contributed by atoms with Gasteiger partial charge in [-0.1, -0.05) is 55.2 Å². The number of aromatic hydroxyl groups is 1. The van der Waals surface area contributed by atoms with Crippen molar-refractivity contribution in [3.8, 4) is 17.2 Å². The number of hydrogen-bond acceptors (Lipinski definition) is 6. The van der Waals surface area contributed by atoms with Crippen LogP contribution < -0.4 is 9.64 Å². The van der Waals surface area contributed by atoms with Crippen LogP contribution in [0.1, 0.15) is 24.2 Å². The maximum absolute atomic E-state index is 13.0. The molecule has 0 fully saturated rings. The van der Waals surface area contributed by atoms with E-state index in [2.05, 4.69) is 0 Å².